The Morgan fingerprint density at radius 3 is 3.00 bits per heavy atom. The summed E-state index contributed by atoms with van der Waals surface area (Å²) in [6, 6.07) is 4.01. The fourth-order valence-corrected chi connectivity index (χ4v) is 2.48. The molecule has 0 bridgehead atoms. The van der Waals surface area contributed by atoms with Gasteiger partial charge in [0.05, 0.1) is 5.02 Å². The van der Waals surface area contributed by atoms with Crippen LogP contribution in [0.5, 0.6) is 0 Å². The topological polar surface area (TPSA) is 41.1 Å². The third kappa shape index (κ3) is 3.67. The lowest BCUT2D eigenvalue weighted by molar-refractivity contribution is 0.0924. The van der Waals surface area contributed by atoms with E-state index in [1.807, 2.05) is 0 Å². The van der Waals surface area contributed by atoms with E-state index in [0.29, 0.717) is 12.1 Å². The summed E-state index contributed by atoms with van der Waals surface area (Å²) in [7, 11) is 0. The molecule has 1 fully saturated rings. The smallest absolute Gasteiger partial charge is 0.251 e. The van der Waals surface area contributed by atoms with E-state index >= 15 is 0 Å². The fraction of sp³-hybridized carbons (Fsp3) is 0.500. The highest BCUT2D eigenvalue weighted by molar-refractivity contribution is 6.31. The van der Waals surface area contributed by atoms with Crippen LogP contribution in [0.2, 0.25) is 5.02 Å². The van der Waals surface area contributed by atoms with Gasteiger partial charge in [-0.05, 0) is 43.0 Å². The third-order valence-corrected chi connectivity index (χ3v) is 3.83. The lowest BCUT2D eigenvalue weighted by atomic mass is 9.83. The van der Waals surface area contributed by atoms with Crippen molar-refractivity contribution in [3.63, 3.8) is 0 Å². The number of carbonyl (C=O) groups is 1. The van der Waals surface area contributed by atoms with Crippen molar-refractivity contribution in [2.75, 3.05) is 19.6 Å². The van der Waals surface area contributed by atoms with Crippen LogP contribution in [0.25, 0.3) is 0 Å². The van der Waals surface area contributed by atoms with Gasteiger partial charge in [0.2, 0.25) is 0 Å². The summed E-state index contributed by atoms with van der Waals surface area (Å²) < 4.78 is 13.0. The molecule has 0 radical (unpaired) electrons. The number of halogens is 2. The highest BCUT2D eigenvalue weighted by Gasteiger charge is 2.27. The molecule has 0 aliphatic carbocycles. The second kappa shape index (κ2) is 5.88. The molecule has 2 N–H and O–H groups in total. The van der Waals surface area contributed by atoms with Crippen LogP contribution >= 0.6 is 11.6 Å². The van der Waals surface area contributed by atoms with E-state index in [1.165, 1.54) is 18.2 Å². The van der Waals surface area contributed by atoms with Crippen LogP contribution in [0, 0.1) is 11.2 Å². The number of amides is 1. The number of piperidine rings is 1. The van der Waals surface area contributed by atoms with Crippen LogP contribution in [0.4, 0.5) is 4.39 Å². The summed E-state index contributed by atoms with van der Waals surface area (Å²) in [6.07, 6.45) is 2.21. The van der Waals surface area contributed by atoms with E-state index in [-0.39, 0.29) is 16.3 Å². The Balaban J connectivity index is 1.95. The van der Waals surface area contributed by atoms with Crippen molar-refractivity contribution in [1.82, 2.24) is 10.6 Å². The quantitative estimate of drug-likeness (QED) is 0.896. The summed E-state index contributed by atoms with van der Waals surface area (Å²) >= 11 is 5.67. The van der Waals surface area contributed by atoms with Crippen LogP contribution in [-0.2, 0) is 0 Å². The summed E-state index contributed by atoms with van der Waals surface area (Å²) in [6.45, 7) is 4.69. The maximum absolute atomic E-state index is 13.0. The van der Waals surface area contributed by atoms with E-state index in [1.54, 1.807) is 0 Å². The predicted molar refractivity (Wildman–Crippen MR) is 74.0 cm³/mol. The summed E-state index contributed by atoms with van der Waals surface area (Å²) in [5.41, 5.74) is 0.469. The lowest BCUT2D eigenvalue weighted by Gasteiger charge is -2.34. The van der Waals surface area contributed by atoms with Gasteiger partial charge in [-0.1, -0.05) is 18.5 Å². The molecule has 1 aromatic carbocycles. The highest BCUT2D eigenvalue weighted by atomic mass is 35.5. The molecule has 5 heteroatoms. The summed E-state index contributed by atoms with van der Waals surface area (Å²) in [5, 5.41) is 6.20. The van der Waals surface area contributed by atoms with Crippen LogP contribution in [-0.4, -0.2) is 25.5 Å². The van der Waals surface area contributed by atoms with Crippen molar-refractivity contribution < 1.29 is 9.18 Å². The SMILES string of the molecule is CC1(CNC(=O)c2ccc(F)c(Cl)c2)CCCNC1. The Labute approximate surface area is 117 Å². The zero-order chi connectivity index (χ0) is 13.9. The zero-order valence-corrected chi connectivity index (χ0v) is 11.7. The first-order valence-electron chi connectivity index (χ1n) is 6.44. The average Bonchev–Trinajstić information content (AvgIpc) is 2.40. The Bertz CT molecular complexity index is 473. The number of hydrogen-bond donors (Lipinski definition) is 2. The van der Waals surface area contributed by atoms with E-state index < -0.39 is 5.82 Å². The highest BCUT2D eigenvalue weighted by Crippen LogP contribution is 2.24. The van der Waals surface area contributed by atoms with Crippen molar-refractivity contribution in [2.45, 2.75) is 19.8 Å². The lowest BCUT2D eigenvalue weighted by Crippen LogP contribution is -2.45. The van der Waals surface area contributed by atoms with Gasteiger partial charge in [0.25, 0.3) is 5.91 Å². The fourth-order valence-electron chi connectivity index (χ4n) is 2.30. The Hall–Kier alpha value is -1.13. The van der Waals surface area contributed by atoms with E-state index in [0.717, 1.165) is 25.9 Å². The molecule has 104 valence electrons. The molecule has 1 atom stereocenters. The zero-order valence-electron chi connectivity index (χ0n) is 10.9. The Morgan fingerprint density at radius 2 is 2.37 bits per heavy atom. The van der Waals surface area contributed by atoms with E-state index in [2.05, 4.69) is 17.6 Å². The summed E-state index contributed by atoms with van der Waals surface area (Å²) in [5.74, 6) is -0.727. The first-order valence-corrected chi connectivity index (χ1v) is 6.82. The third-order valence-electron chi connectivity index (χ3n) is 3.54. The van der Waals surface area contributed by atoms with Crippen molar-refractivity contribution in [3.05, 3.63) is 34.6 Å². The molecule has 19 heavy (non-hydrogen) atoms. The molecule has 1 aromatic rings. The normalized spacial score (nSPS) is 23.1. The molecule has 0 saturated carbocycles. The van der Waals surface area contributed by atoms with Gasteiger partial charge in [-0.15, -0.1) is 0 Å². The van der Waals surface area contributed by atoms with Gasteiger partial charge in [0.15, 0.2) is 0 Å². The second-order valence-corrected chi connectivity index (χ2v) is 5.81. The Kier molecular flexibility index (Phi) is 4.42. The van der Waals surface area contributed by atoms with Gasteiger partial charge in [-0.25, -0.2) is 4.39 Å². The molecule has 2 rings (SSSR count). The molecule has 1 heterocycles. The minimum atomic E-state index is -0.512. The van der Waals surface area contributed by atoms with Crippen molar-refractivity contribution in [1.29, 1.82) is 0 Å². The van der Waals surface area contributed by atoms with Crippen molar-refractivity contribution >= 4 is 17.5 Å². The molecule has 1 saturated heterocycles. The number of nitrogens with one attached hydrogen (secondary N) is 2. The number of hydrogen-bond acceptors (Lipinski definition) is 2. The van der Waals surface area contributed by atoms with Crippen LogP contribution in [0.1, 0.15) is 30.1 Å². The molecule has 0 aromatic heterocycles. The molecule has 1 amide bonds. The monoisotopic (exact) mass is 284 g/mol. The molecular formula is C14H18ClFN2O. The van der Waals surface area contributed by atoms with Crippen LogP contribution < -0.4 is 10.6 Å². The average molecular weight is 285 g/mol. The van der Waals surface area contributed by atoms with Crippen LogP contribution in [0.15, 0.2) is 18.2 Å². The molecule has 1 unspecified atom stereocenters. The predicted octanol–water partition coefficient (Wildman–Crippen LogP) is 2.60. The van der Waals surface area contributed by atoms with Crippen LogP contribution in [0.3, 0.4) is 0 Å². The maximum Gasteiger partial charge on any atom is 0.251 e. The second-order valence-electron chi connectivity index (χ2n) is 5.40. The van der Waals surface area contributed by atoms with Crippen molar-refractivity contribution in [2.24, 2.45) is 5.41 Å². The number of benzene rings is 1. The van der Waals surface area contributed by atoms with Gasteiger partial charge in [-0.3, -0.25) is 4.79 Å². The standard InChI is InChI=1S/C14H18ClFN2O/c1-14(5-2-6-17-8-14)9-18-13(19)10-3-4-12(16)11(15)7-10/h3-4,7,17H,2,5-6,8-9H2,1H3,(H,18,19). The largest absolute Gasteiger partial charge is 0.351 e. The van der Waals surface area contributed by atoms with Gasteiger partial charge in [0, 0.05) is 18.7 Å². The van der Waals surface area contributed by atoms with Crippen molar-refractivity contribution in [3.8, 4) is 0 Å². The van der Waals surface area contributed by atoms with Gasteiger partial charge in [0.1, 0.15) is 5.82 Å². The molecule has 0 spiro atoms. The minimum absolute atomic E-state index is 0.0294. The molecule has 1 aliphatic heterocycles. The molecule has 1 aliphatic rings. The Morgan fingerprint density at radius 1 is 1.58 bits per heavy atom. The first-order chi connectivity index (χ1) is 9.00. The van der Waals surface area contributed by atoms with Gasteiger partial charge in [-0.2, -0.15) is 0 Å². The number of rotatable bonds is 3. The van der Waals surface area contributed by atoms with E-state index in [9.17, 15) is 9.18 Å². The molecular weight excluding hydrogens is 267 g/mol. The van der Waals surface area contributed by atoms with E-state index in [4.69, 9.17) is 11.6 Å². The molecule has 3 nitrogen and oxygen atoms in total. The summed E-state index contributed by atoms with van der Waals surface area (Å²) in [4.78, 5) is 12.0. The maximum atomic E-state index is 13.0. The van der Waals surface area contributed by atoms with Gasteiger partial charge < -0.3 is 10.6 Å². The van der Waals surface area contributed by atoms with Gasteiger partial charge >= 0.3 is 0 Å². The minimum Gasteiger partial charge on any atom is -0.351 e. The number of carbonyl (C=O) groups excluding carboxylic acids is 1. The first kappa shape index (κ1) is 14.3.